The number of aliphatic hydroxyl groups is 2. The third kappa shape index (κ3) is 8.39. The molecule has 11 atom stereocenters. The fourth-order valence-electron chi connectivity index (χ4n) is 5.98. The number of azide groups is 2. The highest BCUT2D eigenvalue weighted by molar-refractivity contribution is 5.27. The van der Waals surface area contributed by atoms with E-state index in [1.54, 1.807) is 26.4 Å². The van der Waals surface area contributed by atoms with Crippen LogP contribution < -0.4 is 15.2 Å². The van der Waals surface area contributed by atoms with E-state index in [9.17, 15) is 21.3 Å². The van der Waals surface area contributed by atoms with Crippen molar-refractivity contribution in [3.8, 4) is 11.5 Å². The molecule has 1 heterocycles. The minimum Gasteiger partial charge on any atom is -0.497 e. The summed E-state index contributed by atoms with van der Waals surface area (Å²) in [6, 6.07) is 12.4. The summed E-state index contributed by atoms with van der Waals surface area (Å²) in [5, 5.41) is 28.2. The molecule has 1 aliphatic carbocycles. The van der Waals surface area contributed by atoms with Crippen molar-refractivity contribution in [3.05, 3.63) is 80.5 Å². The van der Waals surface area contributed by atoms with Gasteiger partial charge >= 0.3 is 0 Å². The molecule has 2 aromatic rings. The van der Waals surface area contributed by atoms with Crippen molar-refractivity contribution in [3.63, 3.8) is 0 Å². The number of benzene rings is 2. The zero-order valence-corrected chi connectivity index (χ0v) is 26.4. The number of methoxy groups -OCH3 is 2. The standard InChI is InChI=1S/C31H43N7O8/c1-17-18(2)27(25(40)14-39)45-31(26(17)32)46-29-24(36-38-34)13-23(35-37-33)28(43-15-19-5-9-21(41-3)10-6-19)30(29)44-16-20-7-11-22(42-4)12-8-20/h5-12,17-18,23-31,39-40H,13-16,32H2,1-4H3/t17-,18-,23+,24?,25?,26?,27?,28?,29+,30?,31+/m0/s1. The van der Waals surface area contributed by atoms with Crippen LogP contribution in [0.1, 0.15) is 31.4 Å². The van der Waals surface area contributed by atoms with Gasteiger partial charge in [0.2, 0.25) is 0 Å². The van der Waals surface area contributed by atoms with E-state index < -0.39 is 61.5 Å². The van der Waals surface area contributed by atoms with E-state index in [4.69, 9.17) is 34.2 Å². The Hall–Kier alpha value is -3.62. The molecule has 1 saturated carbocycles. The largest absolute Gasteiger partial charge is 0.497 e. The van der Waals surface area contributed by atoms with Crippen molar-refractivity contribution in [2.75, 3.05) is 20.8 Å². The summed E-state index contributed by atoms with van der Waals surface area (Å²) in [6.45, 7) is 3.57. The maximum absolute atomic E-state index is 10.5. The number of rotatable bonds is 14. The molecule has 1 saturated heterocycles. The van der Waals surface area contributed by atoms with Crippen molar-refractivity contribution in [2.45, 2.75) is 88.4 Å². The van der Waals surface area contributed by atoms with Crippen LogP contribution in [0.25, 0.3) is 20.9 Å². The molecular formula is C31H43N7O8. The number of ether oxygens (including phenoxy) is 6. The van der Waals surface area contributed by atoms with E-state index in [1.807, 2.05) is 50.2 Å². The summed E-state index contributed by atoms with van der Waals surface area (Å²) >= 11 is 0. The van der Waals surface area contributed by atoms with E-state index in [-0.39, 0.29) is 31.5 Å². The van der Waals surface area contributed by atoms with Gasteiger partial charge in [-0.2, -0.15) is 0 Å². The predicted octanol–water partition coefficient (Wildman–Crippen LogP) is 4.00. The van der Waals surface area contributed by atoms with Crippen molar-refractivity contribution < 1.29 is 38.6 Å². The minimum atomic E-state index is -1.16. The molecule has 0 aromatic heterocycles. The van der Waals surface area contributed by atoms with E-state index in [2.05, 4.69) is 20.1 Å². The van der Waals surface area contributed by atoms with Crippen LogP contribution in [0.15, 0.2) is 58.8 Å². The van der Waals surface area contributed by atoms with Crippen molar-refractivity contribution in [1.82, 2.24) is 0 Å². The Morgan fingerprint density at radius 2 is 1.35 bits per heavy atom. The molecule has 2 aromatic carbocycles. The Morgan fingerprint density at radius 1 is 0.848 bits per heavy atom. The summed E-state index contributed by atoms with van der Waals surface area (Å²) in [5.41, 5.74) is 27.3. The average molecular weight is 642 g/mol. The number of nitrogens with two attached hydrogens (primary N) is 1. The summed E-state index contributed by atoms with van der Waals surface area (Å²) in [5.74, 6) is 1.02. The number of nitrogens with zero attached hydrogens (tertiary/aromatic N) is 6. The van der Waals surface area contributed by atoms with Gasteiger partial charge in [-0.3, -0.25) is 0 Å². The molecule has 6 unspecified atom stereocenters. The second kappa shape index (κ2) is 16.8. The van der Waals surface area contributed by atoms with Crippen molar-refractivity contribution in [2.24, 2.45) is 27.8 Å². The fourth-order valence-corrected chi connectivity index (χ4v) is 5.98. The summed E-state index contributed by atoms with van der Waals surface area (Å²) in [4.78, 5) is 6.10. The molecule has 1 aliphatic heterocycles. The minimum absolute atomic E-state index is 0.102. The maximum atomic E-state index is 10.5. The van der Waals surface area contributed by atoms with Gasteiger partial charge in [0.25, 0.3) is 0 Å². The molecule has 2 fully saturated rings. The van der Waals surface area contributed by atoms with Crippen molar-refractivity contribution >= 4 is 0 Å². The first-order valence-corrected chi connectivity index (χ1v) is 15.2. The SMILES string of the molecule is COc1ccc(COC2C(OCc3ccc(OC)cc3)[C@H](N=[N+]=[N-])CC(N=[N+]=[N-])[C@H]2O[C@H]2OC(C(O)CO)[C@@H](C)[C@H](C)C2N)cc1. The first kappa shape index (κ1) is 35.2. The highest BCUT2D eigenvalue weighted by Crippen LogP contribution is 2.38. The van der Waals surface area contributed by atoms with Gasteiger partial charge in [0, 0.05) is 9.82 Å². The highest BCUT2D eigenvalue weighted by Gasteiger charge is 2.50. The van der Waals surface area contributed by atoms with Crippen LogP contribution in [0, 0.1) is 11.8 Å². The average Bonchev–Trinajstić information content (AvgIpc) is 3.08. The lowest BCUT2D eigenvalue weighted by Crippen LogP contribution is -2.63. The Bertz CT molecular complexity index is 1340. The molecule has 0 amide bonds. The van der Waals surface area contributed by atoms with E-state index in [1.165, 1.54) is 0 Å². The second-order valence-corrected chi connectivity index (χ2v) is 11.6. The molecule has 0 bridgehead atoms. The quantitative estimate of drug-likeness (QED) is 0.154. The van der Waals surface area contributed by atoms with Gasteiger partial charge in [-0.25, -0.2) is 0 Å². The summed E-state index contributed by atoms with van der Waals surface area (Å²) in [7, 11) is 3.16. The lowest BCUT2D eigenvalue weighted by atomic mass is 9.80. The molecule has 0 spiro atoms. The first-order chi connectivity index (χ1) is 22.2. The Balaban J connectivity index is 1.69. The topological polar surface area (TPSA) is 219 Å². The summed E-state index contributed by atoms with van der Waals surface area (Å²) < 4.78 is 36.2. The molecular weight excluding hydrogens is 598 g/mol. The van der Waals surface area contributed by atoms with Gasteiger partial charge in [-0.1, -0.05) is 48.3 Å². The van der Waals surface area contributed by atoms with Crippen LogP contribution in [0.3, 0.4) is 0 Å². The van der Waals surface area contributed by atoms with Gasteiger partial charge in [-0.05, 0) is 64.7 Å². The van der Waals surface area contributed by atoms with Gasteiger partial charge in [-0.15, -0.1) is 0 Å². The third-order valence-corrected chi connectivity index (χ3v) is 8.91. The van der Waals surface area contributed by atoms with Crippen LogP contribution in [0.4, 0.5) is 0 Å². The second-order valence-electron chi connectivity index (χ2n) is 11.6. The molecule has 46 heavy (non-hydrogen) atoms. The molecule has 2 aliphatic rings. The lowest BCUT2D eigenvalue weighted by Gasteiger charge is -2.49. The van der Waals surface area contributed by atoms with Crippen LogP contribution >= 0.6 is 0 Å². The Morgan fingerprint density at radius 3 is 1.83 bits per heavy atom. The van der Waals surface area contributed by atoms with Crippen LogP contribution in [-0.4, -0.2) is 86.0 Å². The zero-order valence-electron chi connectivity index (χ0n) is 26.4. The van der Waals surface area contributed by atoms with Gasteiger partial charge in [0.15, 0.2) is 6.29 Å². The number of hydrogen-bond acceptors (Lipinski definition) is 11. The van der Waals surface area contributed by atoms with Gasteiger partial charge < -0.3 is 44.4 Å². The maximum Gasteiger partial charge on any atom is 0.173 e. The number of hydrogen-bond donors (Lipinski definition) is 3. The fraction of sp³-hybridized carbons (Fsp3) is 0.613. The molecule has 0 radical (unpaired) electrons. The third-order valence-electron chi connectivity index (χ3n) is 8.91. The Labute approximate surface area is 267 Å². The zero-order chi connectivity index (χ0) is 33.2. The Kier molecular flexibility index (Phi) is 12.9. The van der Waals surface area contributed by atoms with Gasteiger partial charge in [0.05, 0.1) is 70.5 Å². The monoisotopic (exact) mass is 641 g/mol. The first-order valence-electron chi connectivity index (χ1n) is 15.2. The van der Waals surface area contributed by atoms with Crippen LogP contribution in [0.2, 0.25) is 0 Å². The molecule has 250 valence electrons. The van der Waals surface area contributed by atoms with Crippen molar-refractivity contribution in [1.29, 1.82) is 0 Å². The van der Waals surface area contributed by atoms with Gasteiger partial charge in [0.1, 0.15) is 23.7 Å². The van der Waals surface area contributed by atoms with Crippen LogP contribution in [0.5, 0.6) is 11.5 Å². The molecule has 15 nitrogen and oxygen atoms in total. The highest BCUT2D eigenvalue weighted by atomic mass is 16.7. The lowest BCUT2D eigenvalue weighted by molar-refractivity contribution is -0.291. The van der Waals surface area contributed by atoms with E-state index in [0.29, 0.717) is 11.5 Å². The summed E-state index contributed by atoms with van der Waals surface area (Å²) in [6.07, 6.45) is -5.58. The van der Waals surface area contributed by atoms with E-state index >= 15 is 0 Å². The van der Waals surface area contributed by atoms with E-state index in [0.717, 1.165) is 11.1 Å². The molecule has 15 heteroatoms. The predicted molar refractivity (Wildman–Crippen MR) is 167 cm³/mol. The smallest absolute Gasteiger partial charge is 0.173 e. The van der Waals surface area contributed by atoms with Crippen LogP contribution in [-0.2, 0) is 32.2 Å². The normalized spacial score (nSPS) is 31.6. The number of aliphatic hydroxyl groups excluding tert-OH is 2. The molecule has 4 N–H and O–H groups in total. The molecule has 4 rings (SSSR count).